The monoisotopic (exact) mass is 420 g/mol. The molecule has 3 heterocycles. The predicted octanol–water partition coefficient (Wildman–Crippen LogP) is 5.77. The van der Waals surface area contributed by atoms with E-state index in [2.05, 4.69) is 39.8 Å². The standard InChI is InChI=1S/C25H32N4O2/c1-15-6-5-7-21(26-15)25-27-22-14-18(24-16(2)28-31-17(24)3)8-13-23(22)29(25)19-9-11-20(30-4)12-10-19/h8,13-14,19-21,26H,1,5-7,9-12H2,2-4H3/t19?,20?,21-/m0/s1. The second kappa shape index (κ2) is 8.15. The van der Waals surface area contributed by atoms with Gasteiger partial charge < -0.3 is 19.1 Å². The van der Waals surface area contributed by atoms with Crippen molar-refractivity contribution in [2.24, 2.45) is 0 Å². The third-order valence-corrected chi connectivity index (χ3v) is 7.04. The number of piperidine rings is 1. The Balaban J connectivity index is 1.60. The lowest BCUT2D eigenvalue weighted by atomic mass is 9.92. The minimum Gasteiger partial charge on any atom is -0.381 e. The van der Waals surface area contributed by atoms with E-state index in [-0.39, 0.29) is 6.04 Å². The Kier molecular flexibility index (Phi) is 5.34. The first kappa shape index (κ1) is 20.3. The minimum atomic E-state index is 0.219. The Hall–Kier alpha value is -2.60. The molecule has 0 spiro atoms. The minimum absolute atomic E-state index is 0.219. The molecule has 2 aromatic heterocycles. The molecule has 1 aromatic carbocycles. The molecule has 0 radical (unpaired) electrons. The second-order valence-electron chi connectivity index (χ2n) is 9.10. The highest BCUT2D eigenvalue weighted by Crippen LogP contribution is 2.38. The Morgan fingerprint density at radius 1 is 1.16 bits per heavy atom. The van der Waals surface area contributed by atoms with E-state index in [0.717, 1.165) is 84.6 Å². The van der Waals surface area contributed by atoms with Gasteiger partial charge in [0.1, 0.15) is 11.6 Å². The number of nitrogens with one attached hydrogen (secondary N) is 1. The summed E-state index contributed by atoms with van der Waals surface area (Å²) in [6, 6.07) is 7.28. The number of imidazole rings is 1. The van der Waals surface area contributed by atoms with Gasteiger partial charge in [-0.25, -0.2) is 4.98 Å². The maximum atomic E-state index is 5.62. The summed E-state index contributed by atoms with van der Waals surface area (Å²) < 4.78 is 13.5. The molecular weight excluding hydrogens is 388 g/mol. The SMILES string of the molecule is C=C1CCC[C@@H](c2nc3cc(-c4c(C)noc4C)ccc3n2C2CCC(OC)CC2)N1. The lowest BCUT2D eigenvalue weighted by Gasteiger charge is -2.33. The summed E-state index contributed by atoms with van der Waals surface area (Å²) in [6.07, 6.45) is 8.11. The van der Waals surface area contributed by atoms with Gasteiger partial charge in [-0.3, -0.25) is 0 Å². The van der Waals surface area contributed by atoms with E-state index in [1.807, 2.05) is 21.0 Å². The topological polar surface area (TPSA) is 65.1 Å². The van der Waals surface area contributed by atoms with Crippen LogP contribution in [0.2, 0.25) is 0 Å². The van der Waals surface area contributed by atoms with Crippen molar-refractivity contribution in [2.45, 2.75) is 77.0 Å². The van der Waals surface area contributed by atoms with Gasteiger partial charge in [-0.2, -0.15) is 0 Å². The molecule has 5 rings (SSSR count). The number of allylic oxidation sites excluding steroid dienone is 1. The molecule has 1 saturated heterocycles. The first-order valence-electron chi connectivity index (χ1n) is 11.5. The van der Waals surface area contributed by atoms with Crippen LogP contribution >= 0.6 is 0 Å². The van der Waals surface area contributed by atoms with Crippen LogP contribution in [0.25, 0.3) is 22.2 Å². The Labute approximate surface area is 183 Å². The van der Waals surface area contributed by atoms with Crippen LogP contribution in [0, 0.1) is 13.8 Å². The van der Waals surface area contributed by atoms with Crippen LogP contribution in [0.5, 0.6) is 0 Å². The van der Waals surface area contributed by atoms with Crippen molar-refractivity contribution < 1.29 is 9.26 Å². The van der Waals surface area contributed by atoms with Gasteiger partial charge in [0.25, 0.3) is 0 Å². The van der Waals surface area contributed by atoms with Gasteiger partial charge in [0, 0.05) is 24.4 Å². The summed E-state index contributed by atoms with van der Waals surface area (Å²) in [7, 11) is 1.83. The quantitative estimate of drug-likeness (QED) is 0.581. The maximum absolute atomic E-state index is 5.62. The highest BCUT2D eigenvalue weighted by atomic mass is 16.5. The van der Waals surface area contributed by atoms with Crippen molar-refractivity contribution >= 4 is 11.0 Å². The first-order chi connectivity index (χ1) is 15.0. The van der Waals surface area contributed by atoms with E-state index in [4.69, 9.17) is 14.2 Å². The maximum Gasteiger partial charge on any atom is 0.141 e. The molecule has 1 atom stereocenters. The molecule has 1 aliphatic carbocycles. The molecule has 6 heteroatoms. The van der Waals surface area contributed by atoms with Crippen LogP contribution in [0.3, 0.4) is 0 Å². The van der Waals surface area contributed by atoms with Gasteiger partial charge in [-0.05, 0) is 76.5 Å². The van der Waals surface area contributed by atoms with Gasteiger partial charge in [-0.1, -0.05) is 17.8 Å². The zero-order valence-electron chi connectivity index (χ0n) is 18.8. The lowest BCUT2D eigenvalue weighted by molar-refractivity contribution is 0.0583. The largest absolute Gasteiger partial charge is 0.381 e. The molecule has 31 heavy (non-hydrogen) atoms. The molecule has 0 amide bonds. The molecular formula is C25H32N4O2. The predicted molar refractivity (Wildman–Crippen MR) is 122 cm³/mol. The molecule has 0 unspecified atom stereocenters. The van der Waals surface area contributed by atoms with E-state index in [1.54, 1.807) is 0 Å². The third-order valence-electron chi connectivity index (χ3n) is 7.04. The van der Waals surface area contributed by atoms with Crippen LogP contribution in [-0.4, -0.2) is 27.9 Å². The fourth-order valence-electron chi connectivity index (χ4n) is 5.44. The average molecular weight is 421 g/mol. The van der Waals surface area contributed by atoms with Gasteiger partial charge in [0.2, 0.25) is 0 Å². The first-order valence-corrected chi connectivity index (χ1v) is 11.5. The summed E-state index contributed by atoms with van der Waals surface area (Å²) in [6.45, 7) is 8.15. The van der Waals surface area contributed by atoms with Crippen molar-refractivity contribution in [1.29, 1.82) is 0 Å². The van der Waals surface area contributed by atoms with Crippen LogP contribution in [0.4, 0.5) is 0 Å². The fraction of sp³-hybridized carbons (Fsp3) is 0.520. The summed E-state index contributed by atoms with van der Waals surface area (Å²) >= 11 is 0. The van der Waals surface area contributed by atoms with Crippen molar-refractivity contribution in [1.82, 2.24) is 20.0 Å². The molecule has 1 aliphatic heterocycles. The number of hydrogen-bond acceptors (Lipinski definition) is 5. The summed E-state index contributed by atoms with van der Waals surface area (Å²) in [5.41, 5.74) is 6.48. The van der Waals surface area contributed by atoms with Crippen molar-refractivity contribution in [3.63, 3.8) is 0 Å². The molecule has 1 N–H and O–H groups in total. The van der Waals surface area contributed by atoms with E-state index in [1.165, 1.54) is 5.52 Å². The number of ether oxygens (including phenoxy) is 1. The van der Waals surface area contributed by atoms with Crippen LogP contribution in [0.15, 0.2) is 35.0 Å². The number of hydrogen-bond donors (Lipinski definition) is 1. The highest BCUT2D eigenvalue weighted by Gasteiger charge is 2.30. The number of methoxy groups -OCH3 is 1. The Bertz CT molecular complexity index is 1080. The van der Waals surface area contributed by atoms with Gasteiger partial charge in [0.15, 0.2) is 0 Å². The van der Waals surface area contributed by atoms with Gasteiger partial charge in [0.05, 0.1) is 28.9 Å². The zero-order valence-corrected chi connectivity index (χ0v) is 18.8. The summed E-state index contributed by atoms with van der Waals surface area (Å²) in [5.74, 6) is 1.99. The lowest BCUT2D eigenvalue weighted by Crippen LogP contribution is -2.30. The molecule has 3 aromatic rings. The van der Waals surface area contributed by atoms with E-state index in [9.17, 15) is 0 Å². The molecule has 1 saturated carbocycles. The second-order valence-corrected chi connectivity index (χ2v) is 9.10. The average Bonchev–Trinajstić information content (AvgIpc) is 3.33. The summed E-state index contributed by atoms with van der Waals surface area (Å²) in [4.78, 5) is 5.19. The number of nitrogens with zero attached hydrogens (tertiary/aromatic N) is 3. The van der Waals surface area contributed by atoms with Gasteiger partial charge in [-0.15, -0.1) is 0 Å². The molecule has 6 nitrogen and oxygen atoms in total. The summed E-state index contributed by atoms with van der Waals surface area (Å²) in [5, 5.41) is 7.76. The number of benzene rings is 1. The third kappa shape index (κ3) is 3.67. The van der Waals surface area contributed by atoms with E-state index in [0.29, 0.717) is 12.1 Å². The number of fused-ring (bicyclic) bond motifs is 1. The van der Waals surface area contributed by atoms with Gasteiger partial charge >= 0.3 is 0 Å². The number of aromatic nitrogens is 3. The smallest absolute Gasteiger partial charge is 0.141 e. The zero-order chi connectivity index (χ0) is 21.5. The number of aryl methyl sites for hydroxylation is 2. The molecule has 164 valence electrons. The molecule has 2 fully saturated rings. The fourth-order valence-corrected chi connectivity index (χ4v) is 5.44. The number of rotatable bonds is 4. The normalized spacial score (nSPS) is 24.5. The molecule has 0 bridgehead atoms. The van der Waals surface area contributed by atoms with E-state index >= 15 is 0 Å². The highest BCUT2D eigenvalue weighted by molar-refractivity contribution is 5.84. The van der Waals surface area contributed by atoms with Crippen molar-refractivity contribution in [2.75, 3.05) is 7.11 Å². The van der Waals surface area contributed by atoms with Crippen LogP contribution < -0.4 is 5.32 Å². The van der Waals surface area contributed by atoms with E-state index < -0.39 is 0 Å². The van der Waals surface area contributed by atoms with Crippen molar-refractivity contribution in [3.8, 4) is 11.1 Å². The van der Waals surface area contributed by atoms with Crippen LogP contribution in [0.1, 0.15) is 74.3 Å². The molecule has 2 aliphatic rings. The van der Waals surface area contributed by atoms with Crippen molar-refractivity contribution in [3.05, 3.63) is 47.8 Å². The van der Waals surface area contributed by atoms with Crippen LogP contribution in [-0.2, 0) is 4.74 Å². The Morgan fingerprint density at radius 2 is 1.97 bits per heavy atom. The Morgan fingerprint density at radius 3 is 2.65 bits per heavy atom.